The molecule has 108 valence electrons. The third kappa shape index (κ3) is 2.40. The second kappa shape index (κ2) is 4.74. The van der Waals surface area contributed by atoms with E-state index in [-0.39, 0.29) is 11.7 Å². The molecule has 1 amide bonds. The fourth-order valence-corrected chi connectivity index (χ4v) is 3.35. The van der Waals surface area contributed by atoms with Crippen LogP contribution in [-0.4, -0.2) is 53.1 Å². The van der Waals surface area contributed by atoms with Crippen molar-refractivity contribution in [2.24, 2.45) is 5.92 Å². The van der Waals surface area contributed by atoms with E-state index >= 15 is 0 Å². The van der Waals surface area contributed by atoms with Crippen LogP contribution in [0.5, 0.6) is 0 Å². The Balaban J connectivity index is 1.62. The highest BCUT2D eigenvalue weighted by atomic mass is 16.2. The van der Waals surface area contributed by atoms with Crippen molar-refractivity contribution >= 4 is 5.91 Å². The molecule has 2 saturated carbocycles. The third-order valence-corrected chi connectivity index (χ3v) is 4.91. The molecule has 3 aliphatic rings. The van der Waals surface area contributed by atoms with E-state index < -0.39 is 0 Å². The van der Waals surface area contributed by atoms with Gasteiger partial charge >= 0.3 is 0 Å². The molecule has 1 aliphatic heterocycles. The van der Waals surface area contributed by atoms with Crippen LogP contribution in [0.1, 0.15) is 46.5 Å². The molecule has 1 atom stereocenters. The van der Waals surface area contributed by atoms with E-state index in [2.05, 4.69) is 35.9 Å². The van der Waals surface area contributed by atoms with Gasteiger partial charge in [0.25, 0.3) is 0 Å². The van der Waals surface area contributed by atoms with Gasteiger partial charge in [-0.15, -0.1) is 0 Å². The molecule has 3 fully saturated rings. The molecule has 4 heteroatoms. The molecule has 4 nitrogen and oxygen atoms in total. The van der Waals surface area contributed by atoms with Gasteiger partial charge in [0.05, 0.1) is 11.7 Å². The molecular weight excluding hydrogens is 238 g/mol. The predicted octanol–water partition coefficient (Wildman–Crippen LogP) is 1.42. The minimum Gasteiger partial charge on any atom is -0.324 e. The van der Waals surface area contributed by atoms with Gasteiger partial charge in [-0.2, -0.15) is 0 Å². The molecule has 1 N–H and O–H groups in total. The molecule has 3 rings (SSSR count). The number of nitrogens with one attached hydrogen (secondary N) is 1. The first kappa shape index (κ1) is 13.4. The van der Waals surface area contributed by atoms with Gasteiger partial charge in [-0.05, 0) is 38.1 Å². The lowest BCUT2D eigenvalue weighted by atomic mass is 10.1. The van der Waals surface area contributed by atoms with E-state index in [0.29, 0.717) is 11.8 Å². The van der Waals surface area contributed by atoms with E-state index in [1.807, 2.05) is 0 Å². The Morgan fingerprint density at radius 3 is 2.58 bits per heavy atom. The van der Waals surface area contributed by atoms with E-state index in [1.165, 1.54) is 12.8 Å². The highest BCUT2D eigenvalue weighted by Crippen LogP contribution is 2.43. The van der Waals surface area contributed by atoms with Crippen molar-refractivity contribution in [1.29, 1.82) is 0 Å². The zero-order valence-corrected chi connectivity index (χ0v) is 12.5. The number of rotatable bonds is 6. The topological polar surface area (TPSA) is 35.6 Å². The lowest BCUT2D eigenvalue weighted by Gasteiger charge is -2.30. The van der Waals surface area contributed by atoms with Gasteiger partial charge in [0.15, 0.2) is 0 Å². The predicted molar refractivity (Wildman–Crippen MR) is 75.7 cm³/mol. The van der Waals surface area contributed by atoms with Crippen molar-refractivity contribution in [3.8, 4) is 0 Å². The first-order chi connectivity index (χ1) is 9.07. The Morgan fingerprint density at radius 1 is 1.42 bits per heavy atom. The van der Waals surface area contributed by atoms with Gasteiger partial charge in [0, 0.05) is 19.1 Å². The molecule has 2 aliphatic carbocycles. The molecule has 1 unspecified atom stereocenters. The van der Waals surface area contributed by atoms with Crippen molar-refractivity contribution in [3.63, 3.8) is 0 Å². The second-order valence-corrected chi connectivity index (χ2v) is 6.77. The molecule has 1 spiro atoms. The average Bonchev–Trinajstić information content (AvgIpc) is 3.24. The maximum Gasteiger partial charge on any atom is 0.244 e. The van der Waals surface area contributed by atoms with Crippen molar-refractivity contribution in [3.05, 3.63) is 0 Å². The molecule has 1 saturated heterocycles. The van der Waals surface area contributed by atoms with Gasteiger partial charge in [-0.1, -0.05) is 20.8 Å². The highest BCUT2D eigenvalue weighted by Gasteiger charge is 2.59. The van der Waals surface area contributed by atoms with Gasteiger partial charge in [-0.3, -0.25) is 15.0 Å². The van der Waals surface area contributed by atoms with Crippen LogP contribution >= 0.6 is 0 Å². The van der Waals surface area contributed by atoms with Crippen molar-refractivity contribution in [2.75, 3.05) is 19.6 Å². The summed E-state index contributed by atoms with van der Waals surface area (Å²) in [6.07, 6.45) is 5.00. The third-order valence-electron chi connectivity index (χ3n) is 4.91. The molecule has 0 bridgehead atoms. The minimum absolute atomic E-state index is 0.161. The maximum absolute atomic E-state index is 12.5. The minimum atomic E-state index is -0.161. The summed E-state index contributed by atoms with van der Waals surface area (Å²) in [6, 6.07) is 0.794. The second-order valence-electron chi connectivity index (χ2n) is 6.77. The van der Waals surface area contributed by atoms with Crippen LogP contribution in [0.25, 0.3) is 0 Å². The Kier molecular flexibility index (Phi) is 3.34. The van der Waals surface area contributed by atoms with Crippen LogP contribution in [0, 0.1) is 5.92 Å². The standard InChI is InChI=1S/C15H27N3O/c1-4-17(12-5-6-12)9-10-18-13(11(2)3)16-15(7-8-15)14(18)19/h11-13,16H,4-10H2,1-3H3. The number of carbonyl (C=O) groups excluding carboxylic acids is 1. The number of nitrogens with zero attached hydrogens (tertiary/aromatic N) is 2. The number of likely N-dealkylation sites (N-methyl/N-ethyl adjacent to an activating group) is 1. The summed E-state index contributed by atoms with van der Waals surface area (Å²) < 4.78 is 0. The summed E-state index contributed by atoms with van der Waals surface area (Å²) in [5.74, 6) is 0.845. The summed E-state index contributed by atoms with van der Waals surface area (Å²) in [4.78, 5) is 17.2. The highest BCUT2D eigenvalue weighted by molar-refractivity contribution is 5.91. The largest absolute Gasteiger partial charge is 0.324 e. The van der Waals surface area contributed by atoms with Gasteiger partial charge in [0.2, 0.25) is 5.91 Å². The number of hydrogen-bond acceptors (Lipinski definition) is 3. The molecular formula is C15H27N3O. The quantitative estimate of drug-likeness (QED) is 0.789. The van der Waals surface area contributed by atoms with Crippen LogP contribution in [0.3, 0.4) is 0 Å². The zero-order valence-electron chi connectivity index (χ0n) is 12.5. The SMILES string of the molecule is CCN(CCN1C(=O)C2(CC2)NC1C(C)C)C1CC1. The number of carbonyl (C=O) groups is 1. The molecule has 0 aromatic heterocycles. The van der Waals surface area contributed by atoms with Crippen molar-refractivity contribution < 1.29 is 4.79 Å². The lowest BCUT2D eigenvalue weighted by Crippen LogP contribution is -2.45. The first-order valence-corrected chi connectivity index (χ1v) is 7.90. The van der Waals surface area contributed by atoms with Crippen LogP contribution in [0.2, 0.25) is 0 Å². The van der Waals surface area contributed by atoms with E-state index in [1.54, 1.807) is 0 Å². The Bertz CT molecular complexity index is 360. The Labute approximate surface area is 116 Å². The van der Waals surface area contributed by atoms with Crippen LogP contribution in [0.4, 0.5) is 0 Å². The molecule has 0 aromatic rings. The summed E-state index contributed by atoms with van der Waals surface area (Å²) in [5, 5.41) is 3.59. The van der Waals surface area contributed by atoms with E-state index in [9.17, 15) is 4.79 Å². The van der Waals surface area contributed by atoms with Crippen LogP contribution in [0.15, 0.2) is 0 Å². The first-order valence-electron chi connectivity index (χ1n) is 7.90. The van der Waals surface area contributed by atoms with Crippen molar-refractivity contribution in [2.45, 2.75) is 64.2 Å². The fraction of sp³-hybridized carbons (Fsp3) is 0.933. The summed E-state index contributed by atoms with van der Waals surface area (Å²) in [5.41, 5.74) is -0.161. The zero-order chi connectivity index (χ0) is 13.6. The van der Waals surface area contributed by atoms with Gasteiger partial charge in [-0.25, -0.2) is 0 Å². The Morgan fingerprint density at radius 2 is 2.11 bits per heavy atom. The Hall–Kier alpha value is -0.610. The smallest absolute Gasteiger partial charge is 0.244 e. The maximum atomic E-state index is 12.5. The normalized spacial score (nSPS) is 29.0. The molecule has 1 heterocycles. The number of amides is 1. The summed E-state index contributed by atoms with van der Waals surface area (Å²) >= 11 is 0. The lowest BCUT2D eigenvalue weighted by molar-refractivity contribution is -0.131. The molecule has 19 heavy (non-hydrogen) atoms. The average molecular weight is 265 g/mol. The molecule has 0 aromatic carbocycles. The molecule has 0 radical (unpaired) electrons. The van der Waals surface area contributed by atoms with Gasteiger partial charge in [0.1, 0.15) is 0 Å². The monoisotopic (exact) mass is 265 g/mol. The van der Waals surface area contributed by atoms with Crippen LogP contribution < -0.4 is 5.32 Å². The summed E-state index contributed by atoms with van der Waals surface area (Å²) in [6.45, 7) is 9.67. The van der Waals surface area contributed by atoms with Crippen LogP contribution in [-0.2, 0) is 4.79 Å². The van der Waals surface area contributed by atoms with Gasteiger partial charge < -0.3 is 4.90 Å². The summed E-state index contributed by atoms with van der Waals surface area (Å²) in [7, 11) is 0. The number of hydrogen-bond donors (Lipinski definition) is 1. The van der Waals surface area contributed by atoms with Crippen molar-refractivity contribution in [1.82, 2.24) is 15.1 Å². The van der Waals surface area contributed by atoms with E-state index in [4.69, 9.17) is 0 Å². The fourth-order valence-electron chi connectivity index (χ4n) is 3.35. The van der Waals surface area contributed by atoms with E-state index in [0.717, 1.165) is 38.5 Å².